The molecule has 0 amide bonds. The number of nitrogens with one attached hydrogen (secondary N) is 1. The molecule has 0 aliphatic rings. The van der Waals surface area contributed by atoms with Gasteiger partial charge in [-0.2, -0.15) is 0 Å². The van der Waals surface area contributed by atoms with E-state index in [0.717, 1.165) is 32.8 Å². The molecule has 13 heavy (non-hydrogen) atoms. The van der Waals surface area contributed by atoms with E-state index >= 15 is 0 Å². The molecule has 0 radical (unpaired) electrons. The van der Waals surface area contributed by atoms with Crippen LogP contribution in [-0.2, 0) is 4.74 Å². The Labute approximate surface area is 82.4 Å². The van der Waals surface area contributed by atoms with Crippen LogP contribution in [0.15, 0.2) is 0 Å². The van der Waals surface area contributed by atoms with E-state index in [9.17, 15) is 0 Å². The molecular weight excluding hydrogens is 164 g/mol. The fourth-order valence-electron chi connectivity index (χ4n) is 1.06. The van der Waals surface area contributed by atoms with Crippen LogP contribution in [0, 0.1) is 0 Å². The number of nitrogens with zero attached hydrogens (tertiary/aromatic N) is 1. The zero-order valence-corrected chi connectivity index (χ0v) is 9.31. The molecule has 0 fully saturated rings. The van der Waals surface area contributed by atoms with Crippen molar-refractivity contribution in [3.05, 3.63) is 0 Å². The van der Waals surface area contributed by atoms with Crippen molar-refractivity contribution in [3.63, 3.8) is 0 Å². The fourth-order valence-corrected chi connectivity index (χ4v) is 1.06. The lowest BCUT2D eigenvalue weighted by molar-refractivity contribution is 0.161. The van der Waals surface area contributed by atoms with Crippen LogP contribution in [0.2, 0.25) is 0 Å². The summed E-state index contributed by atoms with van der Waals surface area (Å²) in [7, 11) is 3.87. The SMILES string of the molecule is CCCCNCCN(C)CCOC. The fraction of sp³-hybridized carbons (Fsp3) is 1.00. The van der Waals surface area contributed by atoms with Crippen molar-refractivity contribution < 1.29 is 4.74 Å². The smallest absolute Gasteiger partial charge is 0.0589 e. The largest absolute Gasteiger partial charge is 0.383 e. The second kappa shape index (κ2) is 9.96. The lowest BCUT2D eigenvalue weighted by atomic mass is 10.3. The normalized spacial score (nSPS) is 11.1. The van der Waals surface area contributed by atoms with Crippen LogP contribution in [-0.4, -0.2) is 51.8 Å². The zero-order valence-electron chi connectivity index (χ0n) is 9.31. The highest BCUT2D eigenvalue weighted by molar-refractivity contribution is 4.54. The van der Waals surface area contributed by atoms with Gasteiger partial charge in [0, 0.05) is 26.7 Å². The molecule has 0 unspecified atom stereocenters. The molecule has 0 spiro atoms. The number of ether oxygens (including phenoxy) is 1. The Balaban J connectivity index is 3.03. The third kappa shape index (κ3) is 9.80. The van der Waals surface area contributed by atoms with E-state index in [1.807, 2.05) is 0 Å². The molecule has 3 heteroatoms. The average Bonchev–Trinajstić information content (AvgIpc) is 2.14. The molecular formula is C10H24N2O. The number of rotatable bonds is 9. The molecule has 80 valence electrons. The van der Waals surface area contributed by atoms with E-state index in [0.29, 0.717) is 0 Å². The number of methoxy groups -OCH3 is 1. The maximum absolute atomic E-state index is 5.00. The van der Waals surface area contributed by atoms with Gasteiger partial charge in [0.25, 0.3) is 0 Å². The predicted octanol–water partition coefficient (Wildman–Crippen LogP) is 0.954. The van der Waals surface area contributed by atoms with Gasteiger partial charge in [0.15, 0.2) is 0 Å². The first-order valence-electron chi connectivity index (χ1n) is 5.19. The highest BCUT2D eigenvalue weighted by atomic mass is 16.5. The summed E-state index contributed by atoms with van der Waals surface area (Å²) in [5.74, 6) is 0. The van der Waals surface area contributed by atoms with Gasteiger partial charge < -0.3 is 15.0 Å². The zero-order chi connectivity index (χ0) is 9.94. The summed E-state index contributed by atoms with van der Waals surface area (Å²) in [6.45, 7) is 7.39. The Morgan fingerprint density at radius 2 is 2.00 bits per heavy atom. The van der Waals surface area contributed by atoms with Crippen LogP contribution in [0.4, 0.5) is 0 Å². The van der Waals surface area contributed by atoms with E-state index in [-0.39, 0.29) is 0 Å². The minimum absolute atomic E-state index is 0.825. The summed E-state index contributed by atoms with van der Waals surface area (Å²) in [5, 5.41) is 3.41. The van der Waals surface area contributed by atoms with Gasteiger partial charge in [0.05, 0.1) is 6.61 Å². The van der Waals surface area contributed by atoms with Crippen LogP contribution in [0.1, 0.15) is 19.8 Å². The number of hydrogen-bond donors (Lipinski definition) is 1. The maximum atomic E-state index is 5.00. The molecule has 3 nitrogen and oxygen atoms in total. The molecule has 0 aromatic rings. The van der Waals surface area contributed by atoms with Crippen molar-refractivity contribution in [1.82, 2.24) is 10.2 Å². The van der Waals surface area contributed by atoms with Crippen LogP contribution in [0.25, 0.3) is 0 Å². The van der Waals surface area contributed by atoms with Crippen molar-refractivity contribution >= 4 is 0 Å². The Morgan fingerprint density at radius 3 is 2.62 bits per heavy atom. The Morgan fingerprint density at radius 1 is 1.23 bits per heavy atom. The van der Waals surface area contributed by atoms with Crippen LogP contribution < -0.4 is 5.32 Å². The summed E-state index contributed by atoms with van der Waals surface area (Å²) >= 11 is 0. The van der Waals surface area contributed by atoms with E-state index in [4.69, 9.17) is 4.74 Å². The number of hydrogen-bond acceptors (Lipinski definition) is 3. The summed E-state index contributed by atoms with van der Waals surface area (Å²) in [5.41, 5.74) is 0. The topological polar surface area (TPSA) is 24.5 Å². The van der Waals surface area contributed by atoms with Crippen molar-refractivity contribution in [1.29, 1.82) is 0 Å². The van der Waals surface area contributed by atoms with Gasteiger partial charge in [-0.1, -0.05) is 13.3 Å². The molecule has 0 heterocycles. The van der Waals surface area contributed by atoms with Crippen molar-refractivity contribution in [3.8, 4) is 0 Å². The van der Waals surface area contributed by atoms with Gasteiger partial charge >= 0.3 is 0 Å². The molecule has 0 saturated carbocycles. The van der Waals surface area contributed by atoms with Gasteiger partial charge in [-0.25, -0.2) is 0 Å². The van der Waals surface area contributed by atoms with Gasteiger partial charge in [-0.3, -0.25) is 0 Å². The minimum Gasteiger partial charge on any atom is -0.383 e. The highest BCUT2D eigenvalue weighted by Crippen LogP contribution is 1.83. The summed E-state index contributed by atoms with van der Waals surface area (Å²) < 4.78 is 5.00. The Bertz CT molecular complexity index is 98.9. The standard InChI is InChI=1S/C10H24N2O/c1-4-5-6-11-7-8-12(2)9-10-13-3/h11H,4-10H2,1-3H3. The lowest BCUT2D eigenvalue weighted by Gasteiger charge is -2.15. The number of likely N-dealkylation sites (N-methyl/N-ethyl adjacent to an activating group) is 1. The molecule has 0 aliphatic heterocycles. The van der Waals surface area contributed by atoms with Crippen molar-refractivity contribution in [2.75, 3.05) is 46.9 Å². The molecule has 0 bridgehead atoms. The first-order valence-corrected chi connectivity index (χ1v) is 5.19. The van der Waals surface area contributed by atoms with E-state index < -0.39 is 0 Å². The first kappa shape index (κ1) is 12.9. The van der Waals surface area contributed by atoms with Gasteiger partial charge in [0.2, 0.25) is 0 Å². The number of unbranched alkanes of at least 4 members (excludes halogenated alkanes) is 1. The molecule has 0 rings (SSSR count). The second-order valence-corrected chi connectivity index (χ2v) is 3.40. The summed E-state index contributed by atoms with van der Waals surface area (Å²) in [6, 6.07) is 0. The molecule has 1 N–H and O–H groups in total. The third-order valence-corrected chi connectivity index (χ3v) is 2.05. The Hall–Kier alpha value is -0.120. The van der Waals surface area contributed by atoms with Gasteiger partial charge in [0.1, 0.15) is 0 Å². The quantitative estimate of drug-likeness (QED) is 0.545. The highest BCUT2D eigenvalue weighted by Gasteiger charge is 1.95. The third-order valence-electron chi connectivity index (χ3n) is 2.05. The van der Waals surface area contributed by atoms with Crippen molar-refractivity contribution in [2.45, 2.75) is 19.8 Å². The first-order chi connectivity index (χ1) is 6.31. The lowest BCUT2D eigenvalue weighted by Crippen LogP contribution is -2.31. The van der Waals surface area contributed by atoms with E-state index in [1.54, 1.807) is 7.11 Å². The Kier molecular flexibility index (Phi) is 9.87. The van der Waals surface area contributed by atoms with E-state index in [2.05, 4.69) is 24.2 Å². The molecule has 0 aromatic heterocycles. The maximum Gasteiger partial charge on any atom is 0.0589 e. The molecule has 0 atom stereocenters. The monoisotopic (exact) mass is 188 g/mol. The minimum atomic E-state index is 0.825. The van der Waals surface area contributed by atoms with Crippen LogP contribution in [0.5, 0.6) is 0 Å². The van der Waals surface area contributed by atoms with Crippen LogP contribution >= 0.6 is 0 Å². The van der Waals surface area contributed by atoms with Gasteiger partial charge in [-0.05, 0) is 20.0 Å². The average molecular weight is 188 g/mol. The molecule has 0 aliphatic carbocycles. The molecule has 0 saturated heterocycles. The summed E-state index contributed by atoms with van der Waals surface area (Å²) in [4.78, 5) is 2.28. The molecule has 0 aromatic carbocycles. The predicted molar refractivity (Wildman–Crippen MR) is 57.2 cm³/mol. The summed E-state index contributed by atoms with van der Waals surface area (Å²) in [6.07, 6.45) is 2.55. The van der Waals surface area contributed by atoms with Crippen LogP contribution in [0.3, 0.4) is 0 Å². The van der Waals surface area contributed by atoms with Crippen molar-refractivity contribution in [2.24, 2.45) is 0 Å². The second-order valence-electron chi connectivity index (χ2n) is 3.40. The van der Waals surface area contributed by atoms with Gasteiger partial charge in [-0.15, -0.1) is 0 Å². The van der Waals surface area contributed by atoms with E-state index in [1.165, 1.54) is 12.8 Å².